The quantitative estimate of drug-likeness (QED) is 0.905. The summed E-state index contributed by atoms with van der Waals surface area (Å²) in [6.07, 6.45) is 1.18. The van der Waals surface area contributed by atoms with Gasteiger partial charge in [-0.25, -0.2) is 4.98 Å². The molecule has 1 aliphatic carbocycles. The first-order valence-corrected chi connectivity index (χ1v) is 9.57. The van der Waals surface area contributed by atoms with Gasteiger partial charge in [-0.2, -0.15) is 0 Å². The summed E-state index contributed by atoms with van der Waals surface area (Å²) < 4.78 is 0. The van der Waals surface area contributed by atoms with Gasteiger partial charge in [0, 0.05) is 12.1 Å². The highest BCUT2D eigenvalue weighted by Crippen LogP contribution is 2.59. The predicted molar refractivity (Wildman–Crippen MR) is 102 cm³/mol. The van der Waals surface area contributed by atoms with Gasteiger partial charge < -0.3 is 10.6 Å². The van der Waals surface area contributed by atoms with Gasteiger partial charge in [0.05, 0.1) is 15.3 Å². The molecule has 1 aliphatic heterocycles. The predicted octanol–water partition coefficient (Wildman–Crippen LogP) is 3.03. The van der Waals surface area contributed by atoms with E-state index in [4.69, 9.17) is 5.73 Å². The topological polar surface area (TPSA) is 76.3 Å². The summed E-state index contributed by atoms with van der Waals surface area (Å²) in [5, 5.41) is 0.846. The van der Waals surface area contributed by atoms with E-state index in [0.29, 0.717) is 18.5 Å². The molecule has 1 aromatic heterocycles. The molecule has 6 heteroatoms. The third-order valence-electron chi connectivity index (χ3n) is 5.80. The van der Waals surface area contributed by atoms with Crippen molar-refractivity contribution in [2.24, 2.45) is 11.1 Å². The third-order valence-corrected chi connectivity index (χ3v) is 6.82. The van der Waals surface area contributed by atoms with E-state index in [1.54, 1.807) is 4.90 Å². The lowest BCUT2D eigenvalue weighted by Crippen LogP contribution is -2.37. The average Bonchev–Trinajstić information content (AvgIpc) is 3.01. The second kappa shape index (κ2) is 5.64. The van der Waals surface area contributed by atoms with E-state index in [9.17, 15) is 9.59 Å². The average molecular weight is 368 g/mol. The second-order valence-corrected chi connectivity index (χ2v) is 8.72. The highest BCUT2D eigenvalue weighted by molar-refractivity contribution is 7.15. The zero-order chi connectivity index (χ0) is 18.8. The summed E-state index contributed by atoms with van der Waals surface area (Å²) >= 11 is 1.52. The maximum Gasteiger partial charge on any atom is 0.274 e. The molecule has 3 atom stereocenters. The number of hydrogen-bond acceptors (Lipinski definition) is 4. The number of thiazole rings is 1. The molecule has 2 amide bonds. The fourth-order valence-corrected chi connectivity index (χ4v) is 5.00. The van der Waals surface area contributed by atoms with Crippen LogP contribution in [-0.2, 0) is 4.79 Å². The number of piperidine rings is 1. The van der Waals surface area contributed by atoms with E-state index in [1.807, 2.05) is 13.0 Å². The van der Waals surface area contributed by atoms with Crippen LogP contribution >= 0.6 is 11.3 Å². The number of carbonyl (C=O) groups is 2. The standard InChI is InChI=1S/C20H22N3O2S/c1-10-5-6-14(7-11(10)2)17-16(22-13(4)26-17)18(24)23-12(3)8-20(19(21)25)9-15(20)23/h5-7,12,15H,3,8-9H2,1-2,4H3,(H2,21,25)/t12-,15-,20+/m0/s1. The van der Waals surface area contributed by atoms with Crippen LogP contribution in [0.5, 0.6) is 0 Å². The number of fused-ring (bicyclic) bond motifs is 1. The minimum Gasteiger partial charge on any atom is -0.369 e. The molecule has 2 aromatic rings. The highest BCUT2D eigenvalue weighted by atomic mass is 32.1. The molecule has 0 bridgehead atoms. The number of hydrogen-bond donors (Lipinski definition) is 1. The van der Waals surface area contributed by atoms with Crippen molar-refractivity contribution in [1.29, 1.82) is 0 Å². The Morgan fingerprint density at radius 1 is 1.27 bits per heavy atom. The number of aryl methyl sites for hydroxylation is 3. The lowest BCUT2D eigenvalue weighted by molar-refractivity contribution is -0.123. The number of rotatable bonds is 3. The van der Waals surface area contributed by atoms with Crippen LogP contribution in [0.4, 0.5) is 0 Å². The normalized spacial score (nSPS) is 26.7. The number of likely N-dealkylation sites (tertiary alicyclic amines) is 1. The minimum atomic E-state index is -0.576. The van der Waals surface area contributed by atoms with Gasteiger partial charge >= 0.3 is 0 Å². The molecule has 1 saturated heterocycles. The molecule has 2 heterocycles. The first-order valence-electron chi connectivity index (χ1n) is 8.75. The van der Waals surface area contributed by atoms with Crippen LogP contribution in [-0.4, -0.2) is 33.8 Å². The molecular formula is C20H22N3O2S. The highest BCUT2D eigenvalue weighted by Gasteiger charge is 2.68. The van der Waals surface area contributed by atoms with Gasteiger partial charge in [0.15, 0.2) is 0 Å². The zero-order valence-electron chi connectivity index (χ0n) is 15.2. The monoisotopic (exact) mass is 368 g/mol. The van der Waals surface area contributed by atoms with Gasteiger partial charge in [-0.05, 0) is 57.2 Å². The molecule has 1 saturated carbocycles. The number of primary amides is 1. The van der Waals surface area contributed by atoms with Crippen LogP contribution < -0.4 is 5.73 Å². The Kier molecular flexibility index (Phi) is 3.74. The van der Waals surface area contributed by atoms with Crippen LogP contribution in [0.15, 0.2) is 18.2 Å². The van der Waals surface area contributed by atoms with E-state index in [-0.39, 0.29) is 23.9 Å². The van der Waals surface area contributed by atoms with Crippen molar-refractivity contribution in [2.45, 2.75) is 45.7 Å². The maximum atomic E-state index is 13.3. The summed E-state index contributed by atoms with van der Waals surface area (Å²) in [6, 6.07) is 5.80. The van der Waals surface area contributed by atoms with Crippen LogP contribution in [0.1, 0.15) is 39.5 Å². The van der Waals surface area contributed by atoms with Crippen molar-refractivity contribution in [2.75, 3.05) is 0 Å². The summed E-state index contributed by atoms with van der Waals surface area (Å²) in [7, 11) is 0. The van der Waals surface area contributed by atoms with Crippen molar-refractivity contribution in [3.63, 3.8) is 0 Å². The van der Waals surface area contributed by atoms with Gasteiger partial charge in [-0.15, -0.1) is 11.3 Å². The molecule has 0 unspecified atom stereocenters. The first kappa shape index (κ1) is 17.2. The SMILES string of the molecule is [CH2][C@H]1C[C@@]2(C(N)=O)C[C@@H]2N1C(=O)c1nc(C)sc1-c1ccc(C)c(C)c1. The van der Waals surface area contributed by atoms with Crippen LogP contribution in [0, 0.1) is 33.1 Å². The van der Waals surface area contributed by atoms with Crippen molar-refractivity contribution < 1.29 is 9.59 Å². The van der Waals surface area contributed by atoms with Crippen molar-refractivity contribution in [3.05, 3.63) is 47.0 Å². The molecule has 2 aliphatic rings. The van der Waals surface area contributed by atoms with Crippen molar-refractivity contribution in [3.8, 4) is 10.4 Å². The Morgan fingerprint density at radius 2 is 2.00 bits per heavy atom. The molecular weight excluding hydrogens is 346 g/mol. The molecule has 5 nitrogen and oxygen atoms in total. The molecule has 26 heavy (non-hydrogen) atoms. The number of nitrogens with two attached hydrogens (primary N) is 1. The van der Waals surface area contributed by atoms with Crippen molar-refractivity contribution in [1.82, 2.24) is 9.88 Å². The second-order valence-electron chi connectivity index (χ2n) is 7.52. The van der Waals surface area contributed by atoms with Gasteiger partial charge in [0.25, 0.3) is 5.91 Å². The lowest BCUT2D eigenvalue weighted by atomic mass is 10.00. The number of benzene rings is 1. The van der Waals surface area contributed by atoms with Crippen LogP contribution in [0.25, 0.3) is 10.4 Å². The van der Waals surface area contributed by atoms with Gasteiger partial charge in [-0.1, -0.05) is 18.2 Å². The Bertz CT molecular complexity index is 935. The van der Waals surface area contributed by atoms with Gasteiger partial charge in [0.1, 0.15) is 5.69 Å². The zero-order valence-corrected chi connectivity index (χ0v) is 16.0. The van der Waals surface area contributed by atoms with E-state index >= 15 is 0 Å². The van der Waals surface area contributed by atoms with Crippen molar-refractivity contribution >= 4 is 23.2 Å². The number of amides is 2. The Labute approximate surface area is 157 Å². The van der Waals surface area contributed by atoms with E-state index in [0.717, 1.165) is 15.4 Å². The fourth-order valence-electron chi connectivity index (χ4n) is 4.09. The molecule has 135 valence electrons. The molecule has 4 rings (SSSR count). The van der Waals surface area contributed by atoms with E-state index < -0.39 is 5.41 Å². The summed E-state index contributed by atoms with van der Waals surface area (Å²) in [5.41, 5.74) is 8.84. The largest absolute Gasteiger partial charge is 0.369 e. The molecule has 0 spiro atoms. The Balaban J connectivity index is 1.72. The Hall–Kier alpha value is -2.21. The third kappa shape index (κ3) is 2.39. The van der Waals surface area contributed by atoms with Gasteiger partial charge in [0.2, 0.25) is 5.91 Å². The van der Waals surface area contributed by atoms with Crippen LogP contribution in [0.3, 0.4) is 0 Å². The number of aromatic nitrogens is 1. The summed E-state index contributed by atoms with van der Waals surface area (Å²) in [5.74, 6) is -0.469. The number of carbonyl (C=O) groups excluding carboxylic acids is 2. The lowest BCUT2D eigenvalue weighted by Gasteiger charge is -2.23. The maximum absolute atomic E-state index is 13.3. The molecule has 2 fully saturated rings. The smallest absolute Gasteiger partial charge is 0.274 e. The molecule has 2 N–H and O–H groups in total. The molecule has 1 aromatic carbocycles. The summed E-state index contributed by atoms with van der Waals surface area (Å²) in [6.45, 7) is 10.1. The summed E-state index contributed by atoms with van der Waals surface area (Å²) in [4.78, 5) is 32.2. The van der Waals surface area contributed by atoms with Crippen LogP contribution in [0.2, 0.25) is 0 Å². The minimum absolute atomic E-state index is 0.135. The number of nitrogens with zero attached hydrogens (tertiary/aromatic N) is 2. The fraction of sp³-hybridized carbons (Fsp3) is 0.400. The molecule has 1 radical (unpaired) electrons. The van der Waals surface area contributed by atoms with E-state index in [1.165, 1.54) is 22.5 Å². The van der Waals surface area contributed by atoms with Gasteiger partial charge in [-0.3, -0.25) is 9.59 Å². The Morgan fingerprint density at radius 3 is 2.62 bits per heavy atom. The van der Waals surface area contributed by atoms with E-state index in [2.05, 4.69) is 37.9 Å². The first-order chi connectivity index (χ1) is 12.2.